The van der Waals surface area contributed by atoms with Crippen molar-refractivity contribution in [1.82, 2.24) is 5.32 Å². The van der Waals surface area contributed by atoms with Gasteiger partial charge in [0.25, 0.3) is 0 Å². The molecule has 0 saturated heterocycles. The fourth-order valence-electron chi connectivity index (χ4n) is 2.96. The van der Waals surface area contributed by atoms with E-state index in [1.807, 2.05) is 24.3 Å². The van der Waals surface area contributed by atoms with Crippen molar-refractivity contribution in [2.75, 3.05) is 23.7 Å². The lowest BCUT2D eigenvalue weighted by molar-refractivity contribution is -0.117. The monoisotopic (exact) mass is 345 g/mol. The van der Waals surface area contributed by atoms with Gasteiger partial charge >= 0.3 is 0 Å². The fourth-order valence-corrected chi connectivity index (χ4v) is 2.96. The Morgan fingerprint density at radius 1 is 1.15 bits per heavy atom. The Hall–Kier alpha value is -3.35. The zero-order valence-corrected chi connectivity index (χ0v) is 14.4. The molecule has 0 unspecified atom stereocenters. The molecular formula is C20H19N5O. The van der Waals surface area contributed by atoms with Gasteiger partial charge in [0.05, 0.1) is 28.6 Å². The van der Waals surface area contributed by atoms with Gasteiger partial charge in [-0.25, -0.2) is 0 Å². The molecule has 1 amide bonds. The van der Waals surface area contributed by atoms with Gasteiger partial charge in [-0.1, -0.05) is 25.1 Å². The molecule has 1 aliphatic heterocycles. The number of para-hydroxylation sites is 1. The van der Waals surface area contributed by atoms with E-state index >= 15 is 0 Å². The van der Waals surface area contributed by atoms with E-state index in [4.69, 9.17) is 5.26 Å². The average molecular weight is 345 g/mol. The van der Waals surface area contributed by atoms with Gasteiger partial charge < -0.3 is 16.0 Å². The Kier molecular flexibility index (Phi) is 5.17. The van der Waals surface area contributed by atoms with Crippen molar-refractivity contribution in [3.63, 3.8) is 0 Å². The maximum atomic E-state index is 12.2. The van der Waals surface area contributed by atoms with Gasteiger partial charge in [-0.3, -0.25) is 4.79 Å². The first-order chi connectivity index (χ1) is 12.6. The van der Waals surface area contributed by atoms with Crippen molar-refractivity contribution in [1.29, 1.82) is 10.5 Å². The van der Waals surface area contributed by atoms with E-state index < -0.39 is 6.04 Å². The van der Waals surface area contributed by atoms with E-state index in [1.165, 1.54) is 0 Å². The molecule has 3 rings (SSSR count). The minimum Gasteiger partial charge on any atom is -0.370 e. The van der Waals surface area contributed by atoms with E-state index in [1.54, 1.807) is 18.2 Å². The first kappa shape index (κ1) is 17.5. The lowest BCUT2D eigenvalue weighted by Gasteiger charge is -2.28. The van der Waals surface area contributed by atoms with Crippen molar-refractivity contribution < 1.29 is 4.79 Å². The summed E-state index contributed by atoms with van der Waals surface area (Å²) in [4.78, 5) is 12.2. The standard InChI is InChI=1S/C20H19N5O/c1-13(15-7-5-14(9-21)6-8-15)11-23-12-18-20(26)25-17-4-2-3-16(10-22)19(17)24-18/h2-8,13,18,23-24H,11-12H2,1H3,(H,25,26)/t13-,18+/m1/s1. The van der Waals surface area contributed by atoms with E-state index in [0.717, 1.165) is 5.56 Å². The molecule has 2 atom stereocenters. The summed E-state index contributed by atoms with van der Waals surface area (Å²) in [5.41, 5.74) is 3.59. The summed E-state index contributed by atoms with van der Waals surface area (Å²) < 4.78 is 0. The number of carbonyl (C=O) groups excluding carboxylic acids is 1. The molecule has 0 aliphatic carbocycles. The number of rotatable bonds is 5. The highest BCUT2D eigenvalue weighted by Gasteiger charge is 2.26. The van der Waals surface area contributed by atoms with Gasteiger partial charge in [0.15, 0.2) is 0 Å². The number of hydrogen-bond donors (Lipinski definition) is 3. The van der Waals surface area contributed by atoms with Crippen LogP contribution < -0.4 is 16.0 Å². The third-order valence-electron chi connectivity index (χ3n) is 4.49. The molecule has 130 valence electrons. The molecule has 0 saturated carbocycles. The normalized spacial score (nSPS) is 16.4. The molecule has 1 aliphatic rings. The first-order valence-corrected chi connectivity index (χ1v) is 8.43. The van der Waals surface area contributed by atoms with Crippen LogP contribution in [0.25, 0.3) is 0 Å². The number of nitrogens with one attached hydrogen (secondary N) is 3. The highest BCUT2D eigenvalue weighted by atomic mass is 16.2. The smallest absolute Gasteiger partial charge is 0.248 e. The van der Waals surface area contributed by atoms with Crippen LogP contribution in [-0.4, -0.2) is 25.0 Å². The van der Waals surface area contributed by atoms with Gasteiger partial charge in [0.1, 0.15) is 12.1 Å². The van der Waals surface area contributed by atoms with Crippen molar-refractivity contribution >= 4 is 17.3 Å². The molecule has 2 aromatic carbocycles. The van der Waals surface area contributed by atoms with Gasteiger partial charge in [-0.2, -0.15) is 10.5 Å². The zero-order valence-electron chi connectivity index (χ0n) is 14.4. The van der Waals surface area contributed by atoms with Crippen molar-refractivity contribution in [3.05, 3.63) is 59.2 Å². The van der Waals surface area contributed by atoms with Gasteiger partial charge in [-0.05, 0) is 35.7 Å². The van der Waals surface area contributed by atoms with Crippen molar-refractivity contribution in [2.45, 2.75) is 18.9 Å². The Labute approximate surface area is 152 Å². The second-order valence-corrected chi connectivity index (χ2v) is 6.32. The predicted octanol–water partition coefficient (Wildman–Crippen LogP) is 2.56. The summed E-state index contributed by atoms with van der Waals surface area (Å²) in [5.74, 6) is 0.127. The lowest BCUT2D eigenvalue weighted by Crippen LogP contribution is -2.46. The van der Waals surface area contributed by atoms with Crippen LogP contribution in [0.1, 0.15) is 29.5 Å². The quantitative estimate of drug-likeness (QED) is 0.773. The minimum absolute atomic E-state index is 0.119. The Bertz CT molecular complexity index is 892. The third kappa shape index (κ3) is 3.66. The molecule has 0 spiro atoms. The second-order valence-electron chi connectivity index (χ2n) is 6.32. The molecule has 26 heavy (non-hydrogen) atoms. The molecule has 0 aromatic heterocycles. The number of fused-ring (bicyclic) bond motifs is 1. The highest BCUT2D eigenvalue weighted by molar-refractivity contribution is 6.04. The van der Waals surface area contributed by atoms with E-state index in [9.17, 15) is 10.1 Å². The molecule has 2 aromatic rings. The van der Waals surface area contributed by atoms with Crippen molar-refractivity contribution in [3.8, 4) is 12.1 Å². The number of benzene rings is 2. The minimum atomic E-state index is -0.440. The third-order valence-corrected chi connectivity index (χ3v) is 4.49. The molecule has 0 radical (unpaired) electrons. The number of anilines is 2. The summed E-state index contributed by atoms with van der Waals surface area (Å²) in [6.07, 6.45) is 0. The molecule has 6 heteroatoms. The second kappa shape index (κ2) is 7.69. The van der Waals surface area contributed by atoms with Crippen LogP contribution in [-0.2, 0) is 4.79 Å². The van der Waals surface area contributed by atoms with Crippen LogP contribution in [0, 0.1) is 22.7 Å². The Morgan fingerprint density at radius 3 is 2.62 bits per heavy atom. The predicted molar refractivity (Wildman–Crippen MR) is 99.6 cm³/mol. The SMILES string of the molecule is C[C@H](CNC[C@@H]1Nc2c(C#N)cccc2NC1=O)c1ccc(C#N)cc1. The topological polar surface area (TPSA) is 101 Å². The van der Waals surface area contributed by atoms with E-state index in [-0.39, 0.29) is 11.8 Å². The average Bonchev–Trinajstić information content (AvgIpc) is 2.67. The first-order valence-electron chi connectivity index (χ1n) is 8.43. The Balaban J connectivity index is 1.58. The summed E-state index contributed by atoms with van der Waals surface area (Å²) >= 11 is 0. The van der Waals surface area contributed by atoms with E-state index in [2.05, 4.69) is 35.0 Å². The number of nitriles is 2. The van der Waals surface area contributed by atoms with Crippen LogP contribution in [0.5, 0.6) is 0 Å². The lowest BCUT2D eigenvalue weighted by atomic mass is 10.00. The van der Waals surface area contributed by atoms with Crippen LogP contribution in [0.4, 0.5) is 11.4 Å². The fraction of sp³-hybridized carbons (Fsp3) is 0.250. The van der Waals surface area contributed by atoms with Crippen molar-refractivity contribution in [2.24, 2.45) is 0 Å². The molecule has 3 N–H and O–H groups in total. The molecule has 0 bridgehead atoms. The number of hydrogen-bond acceptors (Lipinski definition) is 5. The van der Waals surface area contributed by atoms with Gasteiger partial charge in [-0.15, -0.1) is 0 Å². The summed E-state index contributed by atoms with van der Waals surface area (Å²) in [6, 6.07) is 16.6. The molecular weight excluding hydrogens is 326 g/mol. The van der Waals surface area contributed by atoms with Crippen LogP contribution in [0.15, 0.2) is 42.5 Å². The number of amides is 1. The zero-order chi connectivity index (χ0) is 18.5. The summed E-state index contributed by atoms with van der Waals surface area (Å²) in [5, 5.41) is 27.4. The van der Waals surface area contributed by atoms with Crippen LogP contribution in [0.2, 0.25) is 0 Å². The Morgan fingerprint density at radius 2 is 1.92 bits per heavy atom. The molecule has 1 heterocycles. The number of nitrogens with zero attached hydrogens (tertiary/aromatic N) is 2. The van der Waals surface area contributed by atoms with Crippen LogP contribution in [0.3, 0.4) is 0 Å². The molecule has 0 fully saturated rings. The molecule has 6 nitrogen and oxygen atoms in total. The van der Waals surface area contributed by atoms with Gasteiger partial charge in [0.2, 0.25) is 5.91 Å². The van der Waals surface area contributed by atoms with Gasteiger partial charge in [0, 0.05) is 13.1 Å². The summed E-state index contributed by atoms with van der Waals surface area (Å²) in [7, 11) is 0. The highest BCUT2D eigenvalue weighted by Crippen LogP contribution is 2.29. The maximum absolute atomic E-state index is 12.2. The van der Waals surface area contributed by atoms with Crippen LogP contribution >= 0.6 is 0 Å². The van der Waals surface area contributed by atoms with E-state index in [0.29, 0.717) is 35.6 Å². The summed E-state index contributed by atoms with van der Waals surface area (Å²) in [6.45, 7) is 3.24. The largest absolute Gasteiger partial charge is 0.370 e. The maximum Gasteiger partial charge on any atom is 0.248 e. The number of carbonyl (C=O) groups is 1.